The molecule has 1 fully saturated rings. The number of hydrogen-bond acceptors (Lipinski definition) is 3. The van der Waals surface area contributed by atoms with Crippen LogP contribution in [-0.4, -0.2) is 60.5 Å². The van der Waals surface area contributed by atoms with Crippen LogP contribution in [0.25, 0.3) is 0 Å². The number of piperazine rings is 1. The third-order valence-corrected chi connectivity index (χ3v) is 2.95. The fourth-order valence-electron chi connectivity index (χ4n) is 1.73. The molecular formula is C11H19ClN2O3. The van der Waals surface area contributed by atoms with Crippen molar-refractivity contribution in [3.63, 3.8) is 0 Å². The predicted octanol–water partition coefficient (Wildman–Crippen LogP) is 1.31. The Balaban J connectivity index is 2.30. The molecule has 0 aromatic heterocycles. The van der Waals surface area contributed by atoms with Crippen molar-refractivity contribution in [1.82, 2.24) is 9.80 Å². The summed E-state index contributed by atoms with van der Waals surface area (Å²) < 4.78 is 4.91. The average molecular weight is 263 g/mol. The lowest BCUT2D eigenvalue weighted by molar-refractivity contribution is -0.132. The molecule has 0 radical (unpaired) electrons. The monoisotopic (exact) mass is 262 g/mol. The van der Waals surface area contributed by atoms with E-state index in [-0.39, 0.29) is 12.0 Å². The van der Waals surface area contributed by atoms with Crippen LogP contribution in [0.5, 0.6) is 0 Å². The molecule has 0 bridgehead atoms. The van der Waals surface area contributed by atoms with Gasteiger partial charge in [-0.1, -0.05) is 0 Å². The Morgan fingerprint density at radius 1 is 1.18 bits per heavy atom. The third kappa shape index (κ3) is 4.42. The van der Waals surface area contributed by atoms with Crippen LogP contribution in [0.15, 0.2) is 0 Å². The average Bonchev–Trinajstić information content (AvgIpc) is 2.36. The van der Waals surface area contributed by atoms with E-state index >= 15 is 0 Å². The van der Waals surface area contributed by atoms with Gasteiger partial charge < -0.3 is 14.5 Å². The fourth-order valence-corrected chi connectivity index (χ4v) is 1.86. The van der Waals surface area contributed by atoms with Gasteiger partial charge in [-0.15, -0.1) is 11.6 Å². The second-order valence-corrected chi connectivity index (χ2v) is 4.24. The highest BCUT2D eigenvalue weighted by Gasteiger charge is 2.24. The molecule has 0 aromatic carbocycles. The van der Waals surface area contributed by atoms with Crippen molar-refractivity contribution in [2.75, 3.05) is 38.7 Å². The van der Waals surface area contributed by atoms with E-state index in [9.17, 15) is 9.59 Å². The summed E-state index contributed by atoms with van der Waals surface area (Å²) in [6.07, 6.45) is 0.904. The van der Waals surface area contributed by atoms with Crippen molar-refractivity contribution in [3.05, 3.63) is 0 Å². The summed E-state index contributed by atoms with van der Waals surface area (Å²) >= 11 is 5.54. The standard InChI is InChI=1S/C11H19ClN2O3/c1-2-17-11(16)14-8-6-13(7-9-14)10(15)4-3-5-12/h2-9H2,1H3. The zero-order valence-corrected chi connectivity index (χ0v) is 10.9. The highest BCUT2D eigenvalue weighted by atomic mass is 35.5. The molecule has 0 unspecified atom stereocenters. The number of nitrogens with zero attached hydrogens (tertiary/aromatic N) is 2. The first-order valence-corrected chi connectivity index (χ1v) is 6.48. The Labute approximate surface area is 107 Å². The minimum Gasteiger partial charge on any atom is -0.450 e. The number of alkyl halides is 1. The maximum Gasteiger partial charge on any atom is 0.409 e. The van der Waals surface area contributed by atoms with Gasteiger partial charge in [-0.05, 0) is 13.3 Å². The van der Waals surface area contributed by atoms with E-state index in [0.717, 1.165) is 0 Å². The molecule has 1 aliphatic rings. The lowest BCUT2D eigenvalue weighted by Crippen LogP contribution is -2.50. The second-order valence-electron chi connectivity index (χ2n) is 3.86. The van der Waals surface area contributed by atoms with Gasteiger partial charge in [-0.25, -0.2) is 4.79 Å². The first kappa shape index (κ1) is 14.1. The first-order valence-electron chi connectivity index (χ1n) is 5.94. The summed E-state index contributed by atoms with van der Waals surface area (Å²) in [5.41, 5.74) is 0. The lowest BCUT2D eigenvalue weighted by atomic mass is 10.2. The third-order valence-electron chi connectivity index (χ3n) is 2.68. The fraction of sp³-hybridized carbons (Fsp3) is 0.818. The molecule has 17 heavy (non-hydrogen) atoms. The molecule has 98 valence electrons. The van der Waals surface area contributed by atoms with Crippen LogP contribution in [0.4, 0.5) is 4.79 Å². The molecule has 0 aliphatic carbocycles. The van der Waals surface area contributed by atoms with Gasteiger partial charge in [-0.2, -0.15) is 0 Å². The molecule has 0 aromatic rings. The Morgan fingerprint density at radius 2 is 1.76 bits per heavy atom. The van der Waals surface area contributed by atoms with Crippen molar-refractivity contribution < 1.29 is 14.3 Å². The van der Waals surface area contributed by atoms with Gasteiger partial charge in [0.1, 0.15) is 0 Å². The van der Waals surface area contributed by atoms with E-state index in [1.54, 1.807) is 16.7 Å². The molecule has 1 aliphatic heterocycles. The molecule has 0 atom stereocenters. The van der Waals surface area contributed by atoms with Crippen molar-refractivity contribution >= 4 is 23.6 Å². The zero-order valence-electron chi connectivity index (χ0n) is 10.2. The number of ether oxygens (including phenoxy) is 1. The van der Waals surface area contributed by atoms with Crippen LogP contribution in [0.2, 0.25) is 0 Å². The maximum atomic E-state index is 11.7. The largest absolute Gasteiger partial charge is 0.450 e. The number of halogens is 1. The van der Waals surface area contributed by atoms with Crippen LogP contribution in [-0.2, 0) is 9.53 Å². The Morgan fingerprint density at radius 3 is 2.29 bits per heavy atom. The van der Waals surface area contributed by atoms with Gasteiger partial charge >= 0.3 is 6.09 Å². The van der Waals surface area contributed by atoms with E-state index in [1.807, 2.05) is 0 Å². The molecular weight excluding hydrogens is 244 g/mol. The summed E-state index contributed by atoms with van der Waals surface area (Å²) in [4.78, 5) is 26.5. The van der Waals surface area contributed by atoms with Crippen LogP contribution in [0.3, 0.4) is 0 Å². The molecule has 0 spiro atoms. The molecule has 0 saturated carbocycles. The van der Waals surface area contributed by atoms with E-state index in [1.165, 1.54) is 0 Å². The van der Waals surface area contributed by atoms with E-state index in [2.05, 4.69) is 0 Å². The van der Waals surface area contributed by atoms with Gasteiger partial charge in [-0.3, -0.25) is 4.79 Å². The van der Waals surface area contributed by atoms with Crippen molar-refractivity contribution in [2.24, 2.45) is 0 Å². The number of hydrogen-bond donors (Lipinski definition) is 0. The van der Waals surface area contributed by atoms with Crippen LogP contribution < -0.4 is 0 Å². The summed E-state index contributed by atoms with van der Waals surface area (Å²) in [7, 11) is 0. The van der Waals surface area contributed by atoms with Gasteiger partial charge in [0.25, 0.3) is 0 Å². The lowest BCUT2D eigenvalue weighted by Gasteiger charge is -2.34. The minimum atomic E-state index is -0.291. The van der Waals surface area contributed by atoms with Crippen LogP contribution in [0, 0.1) is 0 Å². The van der Waals surface area contributed by atoms with E-state index in [4.69, 9.17) is 16.3 Å². The predicted molar refractivity (Wildman–Crippen MR) is 65.1 cm³/mol. The quantitative estimate of drug-likeness (QED) is 0.718. The number of carbonyl (C=O) groups is 2. The Hall–Kier alpha value is -0.970. The normalized spacial score (nSPS) is 15.9. The Bertz CT molecular complexity index is 265. The SMILES string of the molecule is CCOC(=O)N1CCN(C(=O)CCCCl)CC1. The molecule has 2 amide bonds. The van der Waals surface area contributed by atoms with Crippen molar-refractivity contribution in [3.8, 4) is 0 Å². The van der Waals surface area contributed by atoms with Crippen LogP contribution in [0.1, 0.15) is 19.8 Å². The van der Waals surface area contributed by atoms with Gasteiger partial charge in [0.2, 0.25) is 5.91 Å². The molecule has 5 nitrogen and oxygen atoms in total. The zero-order chi connectivity index (χ0) is 12.7. The smallest absolute Gasteiger partial charge is 0.409 e. The second kappa shape index (κ2) is 7.37. The van der Waals surface area contributed by atoms with Gasteiger partial charge in [0.15, 0.2) is 0 Å². The van der Waals surface area contributed by atoms with Crippen molar-refractivity contribution in [1.29, 1.82) is 0 Å². The summed E-state index contributed by atoms with van der Waals surface area (Å²) in [5.74, 6) is 0.628. The first-order chi connectivity index (χ1) is 8.19. The number of amides is 2. The van der Waals surface area contributed by atoms with Gasteiger partial charge in [0.05, 0.1) is 6.61 Å². The summed E-state index contributed by atoms with van der Waals surface area (Å²) in [5, 5.41) is 0. The Kier molecular flexibility index (Phi) is 6.11. The van der Waals surface area contributed by atoms with Gasteiger partial charge in [0, 0.05) is 38.5 Å². The molecule has 1 saturated heterocycles. The van der Waals surface area contributed by atoms with E-state index in [0.29, 0.717) is 51.5 Å². The van der Waals surface area contributed by atoms with Crippen LogP contribution >= 0.6 is 11.6 Å². The molecule has 1 heterocycles. The highest BCUT2D eigenvalue weighted by molar-refractivity contribution is 6.17. The molecule has 1 rings (SSSR count). The van der Waals surface area contributed by atoms with Crippen molar-refractivity contribution in [2.45, 2.75) is 19.8 Å². The number of carbonyl (C=O) groups excluding carboxylic acids is 2. The highest BCUT2D eigenvalue weighted by Crippen LogP contribution is 2.07. The molecule has 0 N–H and O–H groups in total. The topological polar surface area (TPSA) is 49.9 Å². The summed E-state index contributed by atoms with van der Waals surface area (Å²) in [6.45, 7) is 4.42. The minimum absolute atomic E-state index is 0.120. The van der Waals surface area contributed by atoms with E-state index < -0.39 is 0 Å². The molecule has 6 heteroatoms. The summed E-state index contributed by atoms with van der Waals surface area (Å²) in [6, 6.07) is 0. The number of rotatable bonds is 4. The maximum absolute atomic E-state index is 11.7.